The minimum Gasteiger partial charge on any atom is -0.258 e. The van der Waals surface area contributed by atoms with Crippen molar-refractivity contribution in [2.45, 2.75) is 4.90 Å². The van der Waals surface area contributed by atoms with Gasteiger partial charge < -0.3 is 0 Å². The number of halogens is 2. The van der Waals surface area contributed by atoms with Gasteiger partial charge in [-0.1, -0.05) is 0 Å². The average Bonchev–Trinajstić information content (AvgIpc) is 2.07. The normalized spacial score (nSPS) is 10.1. The minimum atomic E-state index is -1.02. The highest BCUT2D eigenvalue weighted by Gasteiger charge is 2.17. The Morgan fingerprint density at radius 1 is 1.38 bits per heavy atom. The Hall–Kier alpha value is -1.17. The van der Waals surface area contributed by atoms with Crippen LogP contribution >= 0.6 is 11.8 Å². The second-order valence-electron chi connectivity index (χ2n) is 2.20. The minimum absolute atomic E-state index is 0.0584. The Morgan fingerprint density at radius 3 is 2.46 bits per heavy atom. The number of rotatable bonds is 2. The Bertz CT molecular complexity index is 357. The van der Waals surface area contributed by atoms with Gasteiger partial charge in [0.05, 0.1) is 11.0 Å². The molecule has 0 heterocycles. The van der Waals surface area contributed by atoms with Gasteiger partial charge in [0.15, 0.2) is 0 Å². The molecule has 0 saturated heterocycles. The SMILES string of the molecule is CSc1cc(F)c([N+](=O)[O-])cc1F. The van der Waals surface area contributed by atoms with Crippen molar-refractivity contribution >= 4 is 17.4 Å². The van der Waals surface area contributed by atoms with Crippen LogP contribution in [0.2, 0.25) is 0 Å². The number of hydrogen-bond donors (Lipinski definition) is 0. The summed E-state index contributed by atoms with van der Waals surface area (Å²) in [6.07, 6.45) is 1.56. The standard InChI is InChI=1S/C7H5F2NO2S/c1-13-7-3-4(8)6(10(11)12)2-5(7)9/h2-3H,1H3. The fraction of sp³-hybridized carbons (Fsp3) is 0.143. The number of benzene rings is 1. The number of nitro benzene ring substituents is 1. The number of hydrogen-bond acceptors (Lipinski definition) is 3. The van der Waals surface area contributed by atoms with Crippen molar-refractivity contribution in [3.05, 3.63) is 33.9 Å². The number of thioether (sulfide) groups is 1. The molecular weight excluding hydrogens is 200 g/mol. The van der Waals surface area contributed by atoms with Gasteiger partial charge in [0.2, 0.25) is 5.82 Å². The molecule has 0 aliphatic carbocycles. The van der Waals surface area contributed by atoms with E-state index in [2.05, 4.69) is 0 Å². The summed E-state index contributed by atoms with van der Waals surface area (Å²) < 4.78 is 25.7. The predicted octanol–water partition coefficient (Wildman–Crippen LogP) is 2.59. The fourth-order valence-corrected chi connectivity index (χ4v) is 1.29. The van der Waals surface area contributed by atoms with E-state index in [1.807, 2.05) is 0 Å². The molecule has 1 aromatic rings. The molecule has 0 aliphatic rings. The largest absolute Gasteiger partial charge is 0.307 e. The van der Waals surface area contributed by atoms with Gasteiger partial charge in [0.1, 0.15) is 5.82 Å². The van der Waals surface area contributed by atoms with Gasteiger partial charge >= 0.3 is 5.69 Å². The first-order valence-electron chi connectivity index (χ1n) is 3.23. The van der Waals surface area contributed by atoms with Crippen LogP contribution in [0.4, 0.5) is 14.5 Å². The third-order valence-corrected chi connectivity index (χ3v) is 2.17. The molecule has 1 aromatic carbocycles. The van der Waals surface area contributed by atoms with E-state index in [0.29, 0.717) is 6.07 Å². The quantitative estimate of drug-likeness (QED) is 0.423. The van der Waals surface area contributed by atoms with E-state index in [1.54, 1.807) is 6.26 Å². The zero-order chi connectivity index (χ0) is 10.0. The Labute approximate surface area is 76.9 Å². The van der Waals surface area contributed by atoms with Gasteiger partial charge in [-0.2, -0.15) is 4.39 Å². The first-order chi connectivity index (χ1) is 6.06. The molecule has 6 heteroatoms. The molecule has 70 valence electrons. The third kappa shape index (κ3) is 1.95. The molecule has 0 fully saturated rings. The summed E-state index contributed by atoms with van der Waals surface area (Å²) in [4.78, 5) is 9.27. The highest BCUT2D eigenvalue weighted by Crippen LogP contribution is 2.26. The van der Waals surface area contributed by atoms with Crippen molar-refractivity contribution in [3.8, 4) is 0 Å². The van der Waals surface area contributed by atoms with Gasteiger partial charge in [-0.25, -0.2) is 4.39 Å². The van der Waals surface area contributed by atoms with Gasteiger partial charge in [-0.3, -0.25) is 10.1 Å². The molecule has 0 saturated carbocycles. The van der Waals surface area contributed by atoms with Crippen LogP contribution in [-0.2, 0) is 0 Å². The number of nitro groups is 1. The molecule has 0 bridgehead atoms. The topological polar surface area (TPSA) is 43.1 Å². The van der Waals surface area contributed by atoms with E-state index in [4.69, 9.17) is 0 Å². The molecule has 0 N–H and O–H groups in total. The van der Waals surface area contributed by atoms with Crippen LogP contribution < -0.4 is 0 Å². The molecule has 0 aliphatic heterocycles. The molecule has 3 nitrogen and oxygen atoms in total. The summed E-state index contributed by atoms with van der Waals surface area (Å²) in [5.41, 5.74) is -0.838. The fourth-order valence-electron chi connectivity index (χ4n) is 0.814. The van der Waals surface area contributed by atoms with E-state index >= 15 is 0 Å². The number of nitrogens with zero attached hydrogens (tertiary/aromatic N) is 1. The van der Waals surface area contributed by atoms with Crippen molar-refractivity contribution in [2.75, 3.05) is 6.26 Å². The maximum Gasteiger partial charge on any atom is 0.307 e. The predicted molar refractivity (Wildman–Crippen MR) is 44.8 cm³/mol. The summed E-state index contributed by atoms with van der Waals surface area (Å²) in [5.74, 6) is -1.80. The third-order valence-electron chi connectivity index (χ3n) is 1.42. The molecule has 1 rings (SSSR count). The Morgan fingerprint density at radius 2 is 2.00 bits per heavy atom. The van der Waals surface area contributed by atoms with E-state index in [9.17, 15) is 18.9 Å². The summed E-state index contributed by atoms with van der Waals surface area (Å²) in [6.45, 7) is 0. The van der Waals surface area contributed by atoms with Crippen molar-refractivity contribution in [2.24, 2.45) is 0 Å². The van der Waals surface area contributed by atoms with E-state index in [-0.39, 0.29) is 4.90 Å². The van der Waals surface area contributed by atoms with Gasteiger partial charge in [0, 0.05) is 4.90 Å². The molecular formula is C7H5F2NO2S. The zero-order valence-electron chi connectivity index (χ0n) is 6.58. The van der Waals surface area contributed by atoms with Crippen LogP contribution in [0, 0.1) is 21.7 Å². The lowest BCUT2D eigenvalue weighted by Gasteiger charge is -1.99. The first kappa shape index (κ1) is 9.91. The summed E-state index contributed by atoms with van der Waals surface area (Å²) in [5, 5.41) is 10.2. The molecule has 0 radical (unpaired) electrons. The monoisotopic (exact) mass is 205 g/mol. The maximum absolute atomic E-state index is 12.9. The highest BCUT2D eigenvalue weighted by atomic mass is 32.2. The summed E-state index contributed by atoms with van der Waals surface area (Å²) >= 11 is 0.992. The van der Waals surface area contributed by atoms with Crippen LogP contribution in [0.15, 0.2) is 17.0 Å². The zero-order valence-corrected chi connectivity index (χ0v) is 7.40. The lowest BCUT2D eigenvalue weighted by molar-refractivity contribution is -0.387. The van der Waals surface area contributed by atoms with Crippen LogP contribution in [0.3, 0.4) is 0 Å². The van der Waals surface area contributed by atoms with Crippen LogP contribution in [-0.4, -0.2) is 11.2 Å². The van der Waals surface area contributed by atoms with E-state index < -0.39 is 22.2 Å². The molecule has 0 amide bonds. The van der Waals surface area contributed by atoms with E-state index in [0.717, 1.165) is 17.8 Å². The molecule has 0 atom stereocenters. The molecule has 0 unspecified atom stereocenters. The summed E-state index contributed by atoms with van der Waals surface area (Å²) in [7, 11) is 0. The van der Waals surface area contributed by atoms with E-state index in [1.165, 1.54) is 0 Å². The second kappa shape index (κ2) is 3.69. The Kier molecular flexibility index (Phi) is 2.82. The second-order valence-corrected chi connectivity index (χ2v) is 3.04. The van der Waals surface area contributed by atoms with Gasteiger partial charge in [-0.15, -0.1) is 11.8 Å². The van der Waals surface area contributed by atoms with Crippen LogP contribution in [0.5, 0.6) is 0 Å². The Balaban J connectivity index is 3.28. The lowest BCUT2D eigenvalue weighted by atomic mass is 10.3. The van der Waals surface area contributed by atoms with Crippen molar-refractivity contribution in [1.82, 2.24) is 0 Å². The van der Waals surface area contributed by atoms with Gasteiger partial charge in [-0.05, 0) is 12.3 Å². The lowest BCUT2D eigenvalue weighted by Crippen LogP contribution is -1.94. The summed E-state index contributed by atoms with van der Waals surface area (Å²) in [6, 6.07) is 1.40. The van der Waals surface area contributed by atoms with Crippen molar-refractivity contribution in [1.29, 1.82) is 0 Å². The average molecular weight is 205 g/mol. The van der Waals surface area contributed by atoms with Crippen LogP contribution in [0.25, 0.3) is 0 Å². The molecule has 0 spiro atoms. The maximum atomic E-state index is 12.9. The van der Waals surface area contributed by atoms with Crippen molar-refractivity contribution < 1.29 is 13.7 Å². The molecule has 13 heavy (non-hydrogen) atoms. The highest BCUT2D eigenvalue weighted by molar-refractivity contribution is 7.98. The first-order valence-corrected chi connectivity index (χ1v) is 4.46. The van der Waals surface area contributed by atoms with Crippen molar-refractivity contribution in [3.63, 3.8) is 0 Å². The smallest absolute Gasteiger partial charge is 0.258 e. The molecule has 0 aromatic heterocycles. The van der Waals surface area contributed by atoms with Gasteiger partial charge in [0.25, 0.3) is 0 Å². The van der Waals surface area contributed by atoms with Crippen LogP contribution in [0.1, 0.15) is 0 Å².